The first-order chi connectivity index (χ1) is 7.93. The average molecular weight is 239 g/mol. The fourth-order valence-electron chi connectivity index (χ4n) is 2.27. The monoisotopic (exact) mass is 239 g/mol. The molecule has 0 saturated carbocycles. The molecule has 0 aromatic rings. The van der Waals surface area contributed by atoms with Gasteiger partial charge in [0.25, 0.3) is 0 Å². The van der Waals surface area contributed by atoms with Crippen LogP contribution in [0.5, 0.6) is 0 Å². The molecular weight excluding hydrogens is 222 g/mol. The highest BCUT2D eigenvalue weighted by Gasteiger charge is 2.43. The molecule has 0 aromatic heterocycles. The standard InChI is InChI=1S/C11H17N3O3/c1-11(2)10(17)12-5-6-14(11)9(16)7-3-4-8(15)13-7/h7H,3-6H2,1-2H3,(H,12,17)(H,13,15). The van der Waals surface area contributed by atoms with Gasteiger partial charge in [0.1, 0.15) is 11.6 Å². The first-order valence-electron chi connectivity index (χ1n) is 5.82. The number of hydrogen-bond acceptors (Lipinski definition) is 3. The zero-order valence-electron chi connectivity index (χ0n) is 10.1. The summed E-state index contributed by atoms with van der Waals surface area (Å²) in [6.07, 6.45) is 0.905. The summed E-state index contributed by atoms with van der Waals surface area (Å²) in [7, 11) is 0. The van der Waals surface area contributed by atoms with Crippen LogP contribution in [-0.4, -0.2) is 47.3 Å². The van der Waals surface area contributed by atoms with E-state index in [2.05, 4.69) is 10.6 Å². The van der Waals surface area contributed by atoms with E-state index < -0.39 is 11.6 Å². The van der Waals surface area contributed by atoms with E-state index in [-0.39, 0.29) is 17.7 Å². The Balaban J connectivity index is 2.13. The number of nitrogens with one attached hydrogen (secondary N) is 2. The van der Waals surface area contributed by atoms with Gasteiger partial charge in [-0.05, 0) is 20.3 Å². The highest BCUT2D eigenvalue weighted by Crippen LogP contribution is 2.21. The second-order valence-corrected chi connectivity index (χ2v) is 4.96. The fraction of sp³-hybridized carbons (Fsp3) is 0.727. The van der Waals surface area contributed by atoms with Crippen molar-refractivity contribution >= 4 is 17.7 Å². The maximum atomic E-state index is 12.2. The van der Waals surface area contributed by atoms with Crippen LogP contribution in [0.1, 0.15) is 26.7 Å². The minimum Gasteiger partial charge on any atom is -0.352 e. The zero-order chi connectivity index (χ0) is 12.6. The molecule has 6 heteroatoms. The van der Waals surface area contributed by atoms with Crippen molar-refractivity contribution in [3.05, 3.63) is 0 Å². The van der Waals surface area contributed by atoms with Crippen LogP contribution in [0, 0.1) is 0 Å². The van der Waals surface area contributed by atoms with Gasteiger partial charge in [-0.2, -0.15) is 0 Å². The molecule has 2 aliphatic heterocycles. The molecule has 3 amide bonds. The first-order valence-corrected chi connectivity index (χ1v) is 5.82. The van der Waals surface area contributed by atoms with Crippen LogP contribution < -0.4 is 10.6 Å². The van der Waals surface area contributed by atoms with E-state index >= 15 is 0 Å². The molecule has 2 aliphatic rings. The molecule has 0 aliphatic carbocycles. The number of hydrogen-bond donors (Lipinski definition) is 2. The molecule has 2 N–H and O–H groups in total. The molecule has 1 unspecified atom stereocenters. The number of amides is 3. The van der Waals surface area contributed by atoms with E-state index in [1.165, 1.54) is 0 Å². The van der Waals surface area contributed by atoms with Crippen molar-refractivity contribution in [2.45, 2.75) is 38.3 Å². The normalized spacial score (nSPS) is 27.6. The predicted octanol–water partition coefficient (Wildman–Crippen LogP) is -0.998. The Morgan fingerprint density at radius 2 is 2.12 bits per heavy atom. The Bertz CT molecular complexity index is 378. The summed E-state index contributed by atoms with van der Waals surface area (Å²) in [5.41, 5.74) is -0.845. The lowest BCUT2D eigenvalue weighted by atomic mass is 9.97. The van der Waals surface area contributed by atoms with Gasteiger partial charge in [-0.3, -0.25) is 14.4 Å². The maximum absolute atomic E-state index is 12.2. The van der Waals surface area contributed by atoms with Gasteiger partial charge < -0.3 is 15.5 Å². The molecule has 2 heterocycles. The summed E-state index contributed by atoms with van der Waals surface area (Å²) < 4.78 is 0. The molecule has 17 heavy (non-hydrogen) atoms. The Morgan fingerprint density at radius 1 is 1.41 bits per heavy atom. The van der Waals surface area contributed by atoms with E-state index in [1.54, 1.807) is 18.7 Å². The van der Waals surface area contributed by atoms with Gasteiger partial charge >= 0.3 is 0 Å². The Morgan fingerprint density at radius 3 is 2.71 bits per heavy atom. The molecule has 0 aromatic carbocycles. The minimum atomic E-state index is -0.845. The molecule has 2 rings (SSSR count). The lowest BCUT2D eigenvalue weighted by Crippen LogP contribution is -2.65. The maximum Gasteiger partial charge on any atom is 0.246 e. The Kier molecular flexibility index (Phi) is 2.81. The summed E-state index contributed by atoms with van der Waals surface area (Å²) in [5, 5.41) is 5.38. The summed E-state index contributed by atoms with van der Waals surface area (Å²) in [4.78, 5) is 36.6. The first kappa shape index (κ1) is 11.9. The van der Waals surface area contributed by atoms with Crippen LogP contribution in [0.3, 0.4) is 0 Å². The summed E-state index contributed by atoms with van der Waals surface area (Å²) >= 11 is 0. The zero-order valence-corrected chi connectivity index (χ0v) is 10.1. The van der Waals surface area contributed by atoms with Crippen molar-refractivity contribution in [2.75, 3.05) is 13.1 Å². The lowest BCUT2D eigenvalue weighted by Gasteiger charge is -2.42. The quantitative estimate of drug-likeness (QED) is 0.616. The molecule has 1 atom stereocenters. The number of carbonyl (C=O) groups excluding carboxylic acids is 3. The van der Waals surface area contributed by atoms with Crippen molar-refractivity contribution in [2.24, 2.45) is 0 Å². The topological polar surface area (TPSA) is 78.5 Å². The number of carbonyl (C=O) groups is 3. The van der Waals surface area contributed by atoms with Crippen molar-refractivity contribution in [3.63, 3.8) is 0 Å². The van der Waals surface area contributed by atoms with E-state index in [4.69, 9.17) is 0 Å². The second kappa shape index (κ2) is 4.01. The van der Waals surface area contributed by atoms with E-state index in [0.717, 1.165) is 0 Å². The largest absolute Gasteiger partial charge is 0.352 e. The van der Waals surface area contributed by atoms with Gasteiger partial charge in [-0.1, -0.05) is 0 Å². The van der Waals surface area contributed by atoms with Crippen LogP contribution in [0.2, 0.25) is 0 Å². The number of piperazine rings is 1. The van der Waals surface area contributed by atoms with Crippen molar-refractivity contribution < 1.29 is 14.4 Å². The van der Waals surface area contributed by atoms with E-state index in [0.29, 0.717) is 25.9 Å². The molecule has 0 spiro atoms. The van der Waals surface area contributed by atoms with Gasteiger partial charge in [0.2, 0.25) is 17.7 Å². The summed E-state index contributed by atoms with van der Waals surface area (Å²) in [6, 6.07) is -0.465. The number of nitrogens with zero attached hydrogens (tertiary/aromatic N) is 1. The third kappa shape index (κ3) is 1.99. The molecule has 6 nitrogen and oxygen atoms in total. The fourth-order valence-corrected chi connectivity index (χ4v) is 2.27. The van der Waals surface area contributed by atoms with Crippen molar-refractivity contribution in [1.29, 1.82) is 0 Å². The SMILES string of the molecule is CC1(C)C(=O)NCCN1C(=O)C1CCC(=O)N1. The molecule has 0 bridgehead atoms. The van der Waals surface area contributed by atoms with Gasteiger partial charge in [0.05, 0.1) is 0 Å². The van der Waals surface area contributed by atoms with Crippen molar-refractivity contribution in [1.82, 2.24) is 15.5 Å². The van der Waals surface area contributed by atoms with Crippen LogP contribution in [0.4, 0.5) is 0 Å². The summed E-state index contributed by atoms with van der Waals surface area (Å²) in [6.45, 7) is 4.39. The molecule has 94 valence electrons. The van der Waals surface area contributed by atoms with Gasteiger partial charge in [0.15, 0.2) is 0 Å². The second-order valence-electron chi connectivity index (χ2n) is 4.96. The van der Waals surface area contributed by atoms with Crippen molar-refractivity contribution in [3.8, 4) is 0 Å². The molecule has 2 saturated heterocycles. The Labute approximate surface area is 99.7 Å². The average Bonchev–Trinajstić information content (AvgIpc) is 2.68. The van der Waals surface area contributed by atoms with Crippen LogP contribution >= 0.6 is 0 Å². The Hall–Kier alpha value is -1.59. The van der Waals surface area contributed by atoms with Gasteiger partial charge in [0, 0.05) is 19.5 Å². The summed E-state index contributed by atoms with van der Waals surface area (Å²) in [5.74, 6) is -0.403. The molecule has 2 fully saturated rings. The van der Waals surface area contributed by atoms with Crippen LogP contribution in [-0.2, 0) is 14.4 Å². The van der Waals surface area contributed by atoms with E-state index in [9.17, 15) is 14.4 Å². The number of rotatable bonds is 1. The third-order valence-electron chi connectivity index (χ3n) is 3.41. The van der Waals surface area contributed by atoms with Gasteiger partial charge in [-0.25, -0.2) is 0 Å². The smallest absolute Gasteiger partial charge is 0.246 e. The predicted molar refractivity (Wildman–Crippen MR) is 60.0 cm³/mol. The van der Waals surface area contributed by atoms with E-state index in [1.807, 2.05) is 0 Å². The molecular formula is C11H17N3O3. The highest BCUT2D eigenvalue weighted by atomic mass is 16.2. The van der Waals surface area contributed by atoms with Crippen LogP contribution in [0.25, 0.3) is 0 Å². The van der Waals surface area contributed by atoms with Gasteiger partial charge in [-0.15, -0.1) is 0 Å². The third-order valence-corrected chi connectivity index (χ3v) is 3.41. The molecule has 0 radical (unpaired) electrons. The minimum absolute atomic E-state index is 0.0948. The highest BCUT2D eigenvalue weighted by molar-refractivity contribution is 5.96. The van der Waals surface area contributed by atoms with Crippen LogP contribution in [0.15, 0.2) is 0 Å². The lowest BCUT2D eigenvalue weighted by molar-refractivity contribution is -0.150.